The van der Waals surface area contributed by atoms with Gasteiger partial charge in [-0.25, -0.2) is 13.4 Å². The third-order valence-corrected chi connectivity index (χ3v) is 7.00. The van der Waals surface area contributed by atoms with Crippen LogP contribution in [0.5, 0.6) is 5.75 Å². The molecule has 4 aromatic rings. The SMILES string of the molecule is COc1ccc(-c2nc(SC)c(S(=O)(=O)c3ccc(C)cc3)[nH]2)cc1.c1ccccc1. The summed E-state index contributed by atoms with van der Waals surface area (Å²) in [6, 6.07) is 26.1. The van der Waals surface area contributed by atoms with Gasteiger partial charge in [-0.3, -0.25) is 0 Å². The maximum absolute atomic E-state index is 13.0. The molecule has 31 heavy (non-hydrogen) atoms. The Bertz CT molecular complexity index is 1180. The van der Waals surface area contributed by atoms with E-state index in [0.29, 0.717) is 10.9 Å². The molecular weight excluding hydrogens is 428 g/mol. The first-order valence-corrected chi connectivity index (χ1v) is 12.3. The summed E-state index contributed by atoms with van der Waals surface area (Å²) in [4.78, 5) is 7.68. The largest absolute Gasteiger partial charge is 0.497 e. The minimum Gasteiger partial charge on any atom is -0.497 e. The van der Waals surface area contributed by atoms with Crippen molar-refractivity contribution in [1.82, 2.24) is 9.97 Å². The molecule has 3 aromatic carbocycles. The number of sulfone groups is 1. The number of rotatable bonds is 5. The highest BCUT2D eigenvalue weighted by atomic mass is 32.2. The van der Waals surface area contributed by atoms with Crippen LogP contribution in [-0.4, -0.2) is 31.8 Å². The molecule has 7 heteroatoms. The van der Waals surface area contributed by atoms with Crippen LogP contribution < -0.4 is 4.74 Å². The van der Waals surface area contributed by atoms with Gasteiger partial charge in [0.15, 0.2) is 5.03 Å². The Balaban J connectivity index is 0.000000391. The fourth-order valence-corrected chi connectivity index (χ4v) is 5.00. The van der Waals surface area contributed by atoms with Crippen LogP contribution in [0.3, 0.4) is 0 Å². The van der Waals surface area contributed by atoms with Crippen molar-refractivity contribution in [3.63, 3.8) is 0 Å². The number of aromatic amines is 1. The minimum absolute atomic E-state index is 0.120. The topological polar surface area (TPSA) is 72.0 Å². The van der Waals surface area contributed by atoms with Crippen LogP contribution in [0.2, 0.25) is 0 Å². The summed E-state index contributed by atoms with van der Waals surface area (Å²) in [5, 5.41) is 0.570. The second-order valence-corrected chi connectivity index (χ2v) is 9.30. The van der Waals surface area contributed by atoms with E-state index in [4.69, 9.17) is 4.74 Å². The molecule has 0 unspecified atom stereocenters. The van der Waals surface area contributed by atoms with Gasteiger partial charge in [-0.05, 0) is 49.6 Å². The molecule has 0 radical (unpaired) electrons. The summed E-state index contributed by atoms with van der Waals surface area (Å²) < 4.78 is 31.1. The molecule has 5 nitrogen and oxygen atoms in total. The predicted octanol–water partition coefficient (Wildman–Crippen LogP) is 5.64. The second kappa shape index (κ2) is 10.3. The van der Waals surface area contributed by atoms with Gasteiger partial charge < -0.3 is 9.72 Å². The molecule has 0 aliphatic rings. The van der Waals surface area contributed by atoms with E-state index in [1.165, 1.54) is 11.8 Å². The van der Waals surface area contributed by atoms with E-state index in [0.717, 1.165) is 16.9 Å². The first-order chi connectivity index (χ1) is 15.0. The predicted molar refractivity (Wildman–Crippen MR) is 125 cm³/mol. The molecule has 1 aromatic heterocycles. The number of thioether (sulfide) groups is 1. The van der Waals surface area contributed by atoms with Gasteiger partial charge >= 0.3 is 0 Å². The first kappa shape index (κ1) is 22.7. The standard InChI is InChI=1S/C18H18N2O3S2.C6H6/c1-12-4-10-15(11-5-12)25(21,22)18-17(24-3)19-16(20-18)13-6-8-14(23-2)9-7-13;1-2-4-6-5-3-1/h4-11H,1-3H3,(H,19,20);1-6H. The van der Waals surface area contributed by atoms with E-state index >= 15 is 0 Å². The molecule has 0 saturated heterocycles. The number of nitrogens with zero attached hydrogens (tertiary/aromatic N) is 1. The number of imidazole rings is 1. The molecule has 0 bridgehead atoms. The zero-order valence-electron chi connectivity index (χ0n) is 17.6. The van der Waals surface area contributed by atoms with E-state index in [-0.39, 0.29) is 9.92 Å². The Morgan fingerprint density at radius 1 is 0.871 bits per heavy atom. The van der Waals surface area contributed by atoms with Crippen LogP contribution >= 0.6 is 11.8 Å². The van der Waals surface area contributed by atoms with Crippen LogP contribution in [0.4, 0.5) is 0 Å². The van der Waals surface area contributed by atoms with E-state index < -0.39 is 9.84 Å². The second-order valence-electron chi connectivity index (χ2n) is 6.62. The highest BCUT2D eigenvalue weighted by Crippen LogP contribution is 2.31. The summed E-state index contributed by atoms with van der Waals surface area (Å²) >= 11 is 1.30. The number of nitrogens with one attached hydrogen (secondary N) is 1. The van der Waals surface area contributed by atoms with Crippen molar-refractivity contribution < 1.29 is 13.2 Å². The maximum Gasteiger partial charge on any atom is 0.224 e. The Morgan fingerprint density at radius 2 is 1.42 bits per heavy atom. The van der Waals surface area contributed by atoms with Crippen LogP contribution in [-0.2, 0) is 9.84 Å². The number of H-pyrrole nitrogens is 1. The quantitative estimate of drug-likeness (QED) is 0.397. The normalized spacial score (nSPS) is 10.8. The minimum atomic E-state index is -3.66. The Hall–Kier alpha value is -3.03. The van der Waals surface area contributed by atoms with Gasteiger partial charge in [0, 0.05) is 5.56 Å². The molecular formula is C24H24N2O3S2. The summed E-state index contributed by atoms with van der Waals surface area (Å²) in [7, 11) is -2.06. The average Bonchev–Trinajstić information content (AvgIpc) is 3.26. The number of ether oxygens (including phenoxy) is 1. The van der Waals surface area contributed by atoms with Crippen LogP contribution in [0.15, 0.2) is 99.9 Å². The van der Waals surface area contributed by atoms with Crippen molar-refractivity contribution in [3.05, 3.63) is 90.5 Å². The van der Waals surface area contributed by atoms with Crippen LogP contribution in [0.1, 0.15) is 5.56 Å². The fraction of sp³-hybridized carbons (Fsp3) is 0.125. The first-order valence-electron chi connectivity index (χ1n) is 9.56. The smallest absolute Gasteiger partial charge is 0.224 e. The lowest BCUT2D eigenvalue weighted by Crippen LogP contribution is -2.04. The molecule has 0 aliphatic carbocycles. The van der Waals surface area contributed by atoms with Crippen LogP contribution in [0.25, 0.3) is 11.4 Å². The number of methoxy groups -OCH3 is 1. The molecule has 4 rings (SSSR count). The highest BCUT2D eigenvalue weighted by Gasteiger charge is 2.25. The third-order valence-electron chi connectivity index (χ3n) is 4.46. The van der Waals surface area contributed by atoms with E-state index in [1.807, 2.05) is 73.8 Å². The van der Waals surface area contributed by atoms with Crippen LogP contribution in [0, 0.1) is 6.92 Å². The Morgan fingerprint density at radius 3 is 1.90 bits per heavy atom. The molecule has 1 heterocycles. The zero-order valence-corrected chi connectivity index (χ0v) is 19.2. The lowest BCUT2D eigenvalue weighted by molar-refractivity contribution is 0.415. The molecule has 0 atom stereocenters. The lowest BCUT2D eigenvalue weighted by Gasteiger charge is -2.04. The average molecular weight is 453 g/mol. The van der Waals surface area contributed by atoms with Crippen molar-refractivity contribution in [2.75, 3.05) is 13.4 Å². The molecule has 0 saturated carbocycles. The molecule has 0 fully saturated rings. The number of aryl methyl sites for hydroxylation is 1. The number of hydrogen-bond acceptors (Lipinski definition) is 5. The van der Waals surface area contributed by atoms with Crippen molar-refractivity contribution in [2.45, 2.75) is 21.9 Å². The summed E-state index contributed by atoms with van der Waals surface area (Å²) in [6.07, 6.45) is 1.81. The van der Waals surface area contributed by atoms with E-state index in [9.17, 15) is 8.42 Å². The van der Waals surface area contributed by atoms with Gasteiger partial charge in [-0.2, -0.15) is 0 Å². The maximum atomic E-state index is 13.0. The molecule has 0 amide bonds. The molecule has 0 spiro atoms. The molecule has 160 valence electrons. The fourth-order valence-electron chi connectivity index (χ4n) is 2.77. The Labute approximate surface area is 187 Å². The van der Waals surface area contributed by atoms with Crippen molar-refractivity contribution in [2.24, 2.45) is 0 Å². The zero-order chi connectivity index (χ0) is 22.3. The van der Waals surface area contributed by atoms with Gasteiger partial charge in [0.25, 0.3) is 0 Å². The summed E-state index contributed by atoms with van der Waals surface area (Å²) in [5.74, 6) is 1.24. The molecule has 0 aliphatic heterocycles. The lowest BCUT2D eigenvalue weighted by atomic mass is 10.2. The third kappa shape index (κ3) is 5.57. The van der Waals surface area contributed by atoms with Gasteiger partial charge in [0.2, 0.25) is 9.84 Å². The van der Waals surface area contributed by atoms with Crippen molar-refractivity contribution in [3.8, 4) is 17.1 Å². The van der Waals surface area contributed by atoms with Gasteiger partial charge in [-0.15, -0.1) is 11.8 Å². The number of aromatic nitrogens is 2. The van der Waals surface area contributed by atoms with Gasteiger partial charge in [0.1, 0.15) is 16.6 Å². The van der Waals surface area contributed by atoms with E-state index in [1.54, 1.807) is 31.4 Å². The van der Waals surface area contributed by atoms with Crippen molar-refractivity contribution in [1.29, 1.82) is 0 Å². The van der Waals surface area contributed by atoms with Gasteiger partial charge in [-0.1, -0.05) is 54.1 Å². The van der Waals surface area contributed by atoms with Crippen molar-refractivity contribution >= 4 is 21.6 Å². The molecule has 1 N–H and O–H groups in total. The number of hydrogen-bond donors (Lipinski definition) is 1. The monoisotopic (exact) mass is 452 g/mol. The number of benzene rings is 3. The van der Waals surface area contributed by atoms with Gasteiger partial charge in [0.05, 0.1) is 12.0 Å². The Kier molecular flexibility index (Phi) is 7.55. The summed E-state index contributed by atoms with van der Waals surface area (Å²) in [5.41, 5.74) is 1.80. The summed E-state index contributed by atoms with van der Waals surface area (Å²) in [6.45, 7) is 1.92. The highest BCUT2D eigenvalue weighted by molar-refractivity contribution is 7.99. The van der Waals surface area contributed by atoms with E-state index in [2.05, 4.69) is 9.97 Å².